The Morgan fingerprint density at radius 2 is 1.56 bits per heavy atom. The average Bonchev–Trinajstić information content (AvgIpc) is 3.34. The first kappa shape index (κ1) is 31.0. The normalized spacial score (nSPS) is 17.1. The Morgan fingerprint density at radius 3 is 2.23 bits per heavy atom. The van der Waals surface area contributed by atoms with Gasteiger partial charge in [0.05, 0.1) is 5.76 Å². The van der Waals surface area contributed by atoms with Gasteiger partial charge in [0, 0.05) is 44.2 Å². The molecule has 2 fully saturated rings. The van der Waals surface area contributed by atoms with Crippen LogP contribution in [0.15, 0.2) is 48.4 Å². The third kappa shape index (κ3) is 7.35. The number of pyridine rings is 1. The van der Waals surface area contributed by atoms with E-state index in [2.05, 4.69) is 67.4 Å². The van der Waals surface area contributed by atoms with Crippen LogP contribution in [-0.2, 0) is 24.9 Å². The molecule has 0 unspecified atom stereocenters. The van der Waals surface area contributed by atoms with Gasteiger partial charge in [-0.3, -0.25) is 4.79 Å². The first-order valence-electron chi connectivity index (χ1n) is 14.0. The fraction of sp³-hybridized carbons (Fsp3) is 0.429. The van der Waals surface area contributed by atoms with Crippen LogP contribution in [0.4, 0.5) is 0 Å². The van der Waals surface area contributed by atoms with Gasteiger partial charge in [-0.05, 0) is 53.3 Å². The van der Waals surface area contributed by atoms with Crippen molar-refractivity contribution in [1.29, 1.82) is 0 Å². The summed E-state index contributed by atoms with van der Waals surface area (Å²) in [5, 5.41) is 12.5. The molecule has 0 aliphatic heterocycles. The first-order chi connectivity index (χ1) is 18.0. The number of benzene rings is 2. The molecule has 0 amide bonds. The van der Waals surface area contributed by atoms with Crippen molar-refractivity contribution < 1.29 is 30.0 Å². The molecule has 0 atom stereocenters. The van der Waals surface area contributed by atoms with Crippen molar-refractivity contribution in [2.24, 2.45) is 11.8 Å². The number of hydrogen-bond donors (Lipinski definition) is 1. The van der Waals surface area contributed by atoms with E-state index in [9.17, 15) is 9.90 Å². The number of rotatable bonds is 4. The maximum atomic E-state index is 12.0. The second kappa shape index (κ2) is 14.2. The SMILES string of the molecule is C.Cc1[c-]c(-c2ncc3c4c(cccc24)C=C3)cc(C)c1.O=C(C=C(O)C1CCCCC1)C1CCCCC1.[Ir]. The topological polar surface area (TPSA) is 50.2 Å². The third-order valence-electron chi connectivity index (χ3n) is 8.14. The molecule has 0 spiro atoms. The molecule has 39 heavy (non-hydrogen) atoms. The van der Waals surface area contributed by atoms with E-state index in [-0.39, 0.29) is 45.2 Å². The zero-order valence-electron chi connectivity index (χ0n) is 22.6. The van der Waals surface area contributed by atoms with Crippen LogP contribution in [0.5, 0.6) is 0 Å². The number of ketones is 1. The van der Waals surface area contributed by atoms with Crippen LogP contribution < -0.4 is 0 Å². The minimum Gasteiger partial charge on any atom is -0.512 e. The number of hydrogen-bond acceptors (Lipinski definition) is 3. The number of aromatic nitrogens is 1. The first-order valence-corrected chi connectivity index (χ1v) is 14.0. The monoisotopic (exact) mass is 701 g/mol. The predicted molar refractivity (Wildman–Crippen MR) is 160 cm³/mol. The molecule has 0 saturated heterocycles. The molecule has 3 aliphatic carbocycles. The Bertz CT molecular complexity index is 1310. The van der Waals surface area contributed by atoms with Crippen LogP contribution >= 0.6 is 0 Å². The van der Waals surface area contributed by atoms with Gasteiger partial charge in [0.15, 0.2) is 5.78 Å². The molecule has 1 aromatic heterocycles. The van der Waals surface area contributed by atoms with E-state index in [1.807, 2.05) is 6.20 Å². The number of nitrogens with zero attached hydrogens (tertiary/aromatic N) is 1. The van der Waals surface area contributed by atoms with Gasteiger partial charge < -0.3 is 10.1 Å². The van der Waals surface area contributed by atoms with Crippen LogP contribution in [0.3, 0.4) is 0 Å². The zero-order chi connectivity index (χ0) is 25.8. The molecule has 6 rings (SSSR count). The fourth-order valence-electron chi connectivity index (χ4n) is 6.21. The molecule has 2 aromatic carbocycles. The summed E-state index contributed by atoms with van der Waals surface area (Å²) in [4.78, 5) is 16.7. The smallest absolute Gasteiger partial charge is 0.162 e. The third-order valence-corrected chi connectivity index (χ3v) is 8.14. The summed E-state index contributed by atoms with van der Waals surface area (Å²) in [6.45, 7) is 4.20. The van der Waals surface area contributed by atoms with Gasteiger partial charge in [-0.1, -0.05) is 90.2 Å². The molecular formula is C35H42IrNO2-. The van der Waals surface area contributed by atoms with Crippen LogP contribution in [0.2, 0.25) is 0 Å². The second-order valence-corrected chi connectivity index (χ2v) is 11.1. The zero-order valence-corrected chi connectivity index (χ0v) is 25.0. The average molecular weight is 701 g/mol. The molecule has 3 aromatic rings. The van der Waals surface area contributed by atoms with Gasteiger partial charge in [0.2, 0.25) is 0 Å². The Morgan fingerprint density at radius 1 is 0.923 bits per heavy atom. The van der Waals surface area contributed by atoms with Crippen LogP contribution in [0.25, 0.3) is 34.2 Å². The van der Waals surface area contributed by atoms with Crippen molar-refractivity contribution in [3.05, 3.63) is 76.7 Å². The van der Waals surface area contributed by atoms with Crippen LogP contribution in [-0.4, -0.2) is 15.9 Å². The van der Waals surface area contributed by atoms with E-state index in [1.54, 1.807) is 6.08 Å². The van der Waals surface area contributed by atoms with Crippen molar-refractivity contribution >= 4 is 28.7 Å². The predicted octanol–water partition coefficient (Wildman–Crippen LogP) is 9.59. The summed E-state index contributed by atoms with van der Waals surface area (Å²) in [5.41, 5.74) is 7.01. The molecule has 1 N–H and O–H groups in total. The summed E-state index contributed by atoms with van der Waals surface area (Å²) < 4.78 is 0. The van der Waals surface area contributed by atoms with E-state index in [0.29, 0.717) is 5.76 Å². The largest absolute Gasteiger partial charge is 0.512 e. The maximum absolute atomic E-state index is 12.0. The Balaban J connectivity index is 0.000000208. The Labute approximate surface area is 248 Å². The van der Waals surface area contributed by atoms with E-state index >= 15 is 0 Å². The minimum atomic E-state index is 0. The van der Waals surface area contributed by atoms with E-state index in [0.717, 1.165) is 42.5 Å². The number of carbonyl (C=O) groups is 1. The Kier molecular flexibility index (Phi) is 11.3. The molecule has 209 valence electrons. The second-order valence-electron chi connectivity index (χ2n) is 11.1. The van der Waals surface area contributed by atoms with E-state index in [4.69, 9.17) is 0 Å². The van der Waals surface area contributed by atoms with Crippen molar-refractivity contribution in [3.8, 4) is 11.3 Å². The van der Waals surface area contributed by atoms with Gasteiger partial charge in [-0.25, -0.2) is 0 Å². The van der Waals surface area contributed by atoms with Crippen molar-refractivity contribution in [1.82, 2.24) is 4.98 Å². The number of aryl methyl sites for hydroxylation is 2. The van der Waals surface area contributed by atoms with E-state index < -0.39 is 0 Å². The van der Waals surface area contributed by atoms with E-state index in [1.165, 1.54) is 66.0 Å². The van der Waals surface area contributed by atoms with Gasteiger partial charge in [-0.15, -0.1) is 34.9 Å². The molecule has 4 heteroatoms. The van der Waals surface area contributed by atoms with Crippen molar-refractivity contribution in [2.75, 3.05) is 0 Å². The minimum absolute atomic E-state index is 0. The molecule has 3 aliphatic rings. The van der Waals surface area contributed by atoms with Gasteiger partial charge in [0.25, 0.3) is 0 Å². The number of allylic oxidation sites excluding steroid dienone is 2. The Hall–Kier alpha value is -2.55. The molecule has 1 heterocycles. The van der Waals surface area contributed by atoms with Gasteiger partial charge >= 0.3 is 0 Å². The summed E-state index contributed by atoms with van der Waals surface area (Å²) in [7, 11) is 0. The van der Waals surface area contributed by atoms with Crippen LogP contribution in [0.1, 0.15) is 93.9 Å². The molecule has 1 radical (unpaired) electrons. The van der Waals surface area contributed by atoms with Crippen molar-refractivity contribution in [2.45, 2.75) is 85.5 Å². The van der Waals surface area contributed by atoms with Crippen LogP contribution in [0, 0.1) is 31.7 Å². The maximum Gasteiger partial charge on any atom is 0.162 e. The molecule has 3 nitrogen and oxygen atoms in total. The molecule has 2 saturated carbocycles. The number of carbonyl (C=O) groups excluding carboxylic acids is 1. The van der Waals surface area contributed by atoms with Gasteiger partial charge in [-0.2, -0.15) is 0 Å². The van der Waals surface area contributed by atoms with Crippen molar-refractivity contribution in [3.63, 3.8) is 0 Å². The number of aliphatic hydroxyl groups is 1. The number of aliphatic hydroxyl groups excluding tert-OH is 1. The summed E-state index contributed by atoms with van der Waals surface area (Å²) in [6.07, 6.45) is 19.3. The fourth-order valence-corrected chi connectivity index (χ4v) is 6.21. The standard InChI is InChI=1S/C19H14N.C15H24O2.CH4.Ir/c1-12-8-13(2)10-16(9-12)19-17-5-3-4-14-6-7-15(11-20-19)18(14)17;16-14(12-7-3-1-4-8-12)11-15(17)13-9-5-2-6-10-13;;/h3-9,11H,1-2H3;11-13,16H,1-10H2;1H4;/q-1;;;. The summed E-state index contributed by atoms with van der Waals surface area (Å²) in [5.74, 6) is 0.985. The summed E-state index contributed by atoms with van der Waals surface area (Å²) in [6, 6.07) is 14.2. The molecule has 0 bridgehead atoms. The summed E-state index contributed by atoms with van der Waals surface area (Å²) >= 11 is 0. The molecular weight excluding hydrogens is 659 g/mol. The van der Waals surface area contributed by atoms with Gasteiger partial charge in [0.1, 0.15) is 0 Å². The quantitative estimate of drug-likeness (QED) is 0.131.